The Hall–Kier alpha value is -2.31. The van der Waals surface area contributed by atoms with Crippen LogP contribution in [-0.4, -0.2) is 54.5 Å². The lowest BCUT2D eigenvalue weighted by molar-refractivity contribution is 0.256. The Morgan fingerprint density at radius 3 is 2.67 bits per heavy atom. The maximum absolute atomic E-state index is 5.48. The highest BCUT2D eigenvalue weighted by molar-refractivity contribution is 5.80. The molecule has 2 atom stereocenters. The Labute approximate surface area is 180 Å². The first kappa shape index (κ1) is 20.9. The van der Waals surface area contributed by atoms with Gasteiger partial charge in [0.15, 0.2) is 5.96 Å². The van der Waals surface area contributed by atoms with Gasteiger partial charge in [0, 0.05) is 44.8 Å². The molecule has 162 valence electrons. The van der Waals surface area contributed by atoms with Gasteiger partial charge in [-0.05, 0) is 56.5 Å². The summed E-state index contributed by atoms with van der Waals surface area (Å²) in [4.78, 5) is 9.41. The summed E-state index contributed by atoms with van der Waals surface area (Å²) in [5.74, 6) is 1.88. The molecule has 1 saturated carbocycles. The summed E-state index contributed by atoms with van der Waals surface area (Å²) in [6.07, 6.45) is 5.66. The molecule has 2 aliphatic rings. The molecule has 1 aromatic heterocycles. The number of benzene rings is 1. The number of nitrogens with zero attached hydrogens (tertiary/aromatic N) is 3. The van der Waals surface area contributed by atoms with Gasteiger partial charge in [-0.15, -0.1) is 0 Å². The molecule has 2 fully saturated rings. The minimum absolute atomic E-state index is 0.474. The fourth-order valence-electron chi connectivity index (χ4n) is 4.54. The predicted octanol–water partition coefficient (Wildman–Crippen LogP) is 3.20. The Morgan fingerprint density at radius 1 is 1.17 bits per heavy atom. The fraction of sp³-hybridized carbons (Fsp3) is 0.542. The van der Waals surface area contributed by atoms with Crippen LogP contribution in [0.5, 0.6) is 0 Å². The van der Waals surface area contributed by atoms with Crippen LogP contribution < -0.4 is 10.6 Å². The predicted molar refractivity (Wildman–Crippen MR) is 121 cm³/mol. The van der Waals surface area contributed by atoms with Gasteiger partial charge in [0.25, 0.3) is 0 Å². The molecule has 2 aromatic rings. The number of furan rings is 1. The summed E-state index contributed by atoms with van der Waals surface area (Å²) in [5, 5.41) is 7.17. The highest BCUT2D eigenvalue weighted by Crippen LogP contribution is 2.33. The Morgan fingerprint density at radius 2 is 1.97 bits per heavy atom. The molecular formula is C24H35N5O. The van der Waals surface area contributed by atoms with E-state index in [-0.39, 0.29) is 0 Å². The van der Waals surface area contributed by atoms with Crippen molar-refractivity contribution in [2.75, 3.05) is 20.6 Å². The third-order valence-corrected chi connectivity index (χ3v) is 6.21. The van der Waals surface area contributed by atoms with Crippen molar-refractivity contribution in [2.24, 2.45) is 4.99 Å². The van der Waals surface area contributed by atoms with Gasteiger partial charge in [-0.25, -0.2) is 0 Å². The zero-order valence-electron chi connectivity index (χ0n) is 18.5. The lowest BCUT2D eigenvalue weighted by Crippen LogP contribution is -2.44. The smallest absolute Gasteiger partial charge is 0.191 e. The molecule has 0 bridgehead atoms. The number of guanidine groups is 1. The molecule has 6 heteroatoms. The quantitative estimate of drug-likeness (QED) is 0.518. The van der Waals surface area contributed by atoms with Gasteiger partial charge < -0.3 is 15.1 Å². The number of nitrogens with one attached hydrogen (secondary N) is 2. The molecule has 1 aromatic carbocycles. The van der Waals surface area contributed by atoms with Crippen LogP contribution in [0.4, 0.5) is 0 Å². The average molecular weight is 410 g/mol. The lowest BCUT2D eigenvalue weighted by Gasteiger charge is -2.21. The first-order valence-corrected chi connectivity index (χ1v) is 11.1. The van der Waals surface area contributed by atoms with Crippen molar-refractivity contribution in [1.82, 2.24) is 20.4 Å². The molecule has 0 amide bonds. The number of rotatable bonds is 8. The van der Waals surface area contributed by atoms with Gasteiger partial charge in [0.1, 0.15) is 5.76 Å². The molecule has 2 N–H and O–H groups in total. The number of hydrogen-bond donors (Lipinski definition) is 2. The Kier molecular flexibility index (Phi) is 6.75. The van der Waals surface area contributed by atoms with Crippen LogP contribution in [-0.2, 0) is 19.6 Å². The maximum atomic E-state index is 5.48. The lowest BCUT2D eigenvalue weighted by atomic mass is 10.1. The van der Waals surface area contributed by atoms with Crippen molar-refractivity contribution in [1.29, 1.82) is 0 Å². The largest absolute Gasteiger partial charge is 0.468 e. The normalized spacial score (nSPS) is 22.6. The van der Waals surface area contributed by atoms with E-state index in [4.69, 9.17) is 4.42 Å². The number of likely N-dealkylation sites (tertiary alicyclic amines) is 1. The zero-order valence-corrected chi connectivity index (χ0v) is 18.5. The molecule has 1 saturated heterocycles. The molecule has 4 rings (SSSR count). The van der Waals surface area contributed by atoms with E-state index in [2.05, 4.69) is 63.7 Å². The molecule has 0 spiro atoms. The van der Waals surface area contributed by atoms with E-state index in [1.807, 2.05) is 19.2 Å². The first-order valence-electron chi connectivity index (χ1n) is 11.1. The van der Waals surface area contributed by atoms with Crippen molar-refractivity contribution in [2.45, 2.75) is 63.9 Å². The zero-order chi connectivity index (χ0) is 20.9. The second-order valence-electron chi connectivity index (χ2n) is 8.80. The van der Waals surface area contributed by atoms with Crippen molar-refractivity contribution in [3.63, 3.8) is 0 Å². The molecule has 1 aliphatic carbocycles. The number of hydrogen-bond acceptors (Lipinski definition) is 4. The van der Waals surface area contributed by atoms with Crippen molar-refractivity contribution < 1.29 is 4.42 Å². The van der Waals surface area contributed by atoms with Crippen LogP contribution in [0.3, 0.4) is 0 Å². The standard InChI is InChI=1S/C24H35N5O/c1-18-13-21(16-29(18)22-10-11-22)27-24(25-2)26-14-19-7-4-5-8-20(19)15-28(3)17-23-9-6-12-30-23/h4-9,12,18,21-22H,10-11,13-17H2,1-3H3,(H2,25,26,27). The van der Waals surface area contributed by atoms with Gasteiger partial charge in [-0.1, -0.05) is 24.3 Å². The van der Waals surface area contributed by atoms with E-state index in [0.29, 0.717) is 12.1 Å². The minimum atomic E-state index is 0.474. The molecule has 2 heterocycles. The van der Waals surface area contributed by atoms with Gasteiger partial charge in [-0.3, -0.25) is 14.8 Å². The molecule has 0 radical (unpaired) electrons. The van der Waals surface area contributed by atoms with Crippen molar-refractivity contribution >= 4 is 5.96 Å². The summed E-state index contributed by atoms with van der Waals surface area (Å²) in [7, 11) is 3.98. The van der Waals surface area contributed by atoms with E-state index in [0.717, 1.165) is 43.9 Å². The van der Waals surface area contributed by atoms with Gasteiger partial charge >= 0.3 is 0 Å². The summed E-state index contributed by atoms with van der Waals surface area (Å²) in [5.41, 5.74) is 2.62. The van der Waals surface area contributed by atoms with E-state index < -0.39 is 0 Å². The fourth-order valence-corrected chi connectivity index (χ4v) is 4.54. The second-order valence-corrected chi connectivity index (χ2v) is 8.80. The molecule has 30 heavy (non-hydrogen) atoms. The summed E-state index contributed by atoms with van der Waals surface area (Å²) >= 11 is 0. The summed E-state index contributed by atoms with van der Waals surface area (Å²) in [6, 6.07) is 14.5. The third-order valence-electron chi connectivity index (χ3n) is 6.21. The van der Waals surface area contributed by atoms with Crippen LogP contribution in [0.1, 0.15) is 43.1 Å². The Balaban J connectivity index is 1.30. The highest BCUT2D eigenvalue weighted by Gasteiger charge is 2.38. The highest BCUT2D eigenvalue weighted by atomic mass is 16.3. The first-order chi connectivity index (χ1) is 14.6. The van der Waals surface area contributed by atoms with Crippen LogP contribution >= 0.6 is 0 Å². The van der Waals surface area contributed by atoms with E-state index in [1.165, 1.54) is 30.4 Å². The van der Waals surface area contributed by atoms with E-state index in [1.54, 1.807) is 6.26 Å². The summed E-state index contributed by atoms with van der Waals surface area (Å²) in [6.45, 7) is 5.92. The van der Waals surface area contributed by atoms with Gasteiger partial charge in [0.2, 0.25) is 0 Å². The second kappa shape index (κ2) is 9.67. The van der Waals surface area contributed by atoms with Crippen molar-refractivity contribution in [3.8, 4) is 0 Å². The van der Waals surface area contributed by atoms with E-state index in [9.17, 15) is 0 Å². The molecule has 1 aliphatic heterocycles. The molecule has 2 unspecified atom stereocenters. The van der Waals surface area contributed by atoms with Crippen LogP contribution in [0, 0.1) is 0 Å². The van der Waals surface area contributed by atoms with Crippen LogP contribution in [0.2, 0.25) is 0 Å². The van der Waals surface area contributed by atoms with Gasteiger partial charge in [0.05, 0.1) is 12.8 Å². The Bertz CT molecular complexity index is 830. The minimum Gasteiger partial charge on any atom is -0.468 e. The SMILES string of the molecule is CN=C(NCc1ccccc1CN(C)Cc1ccco1)NC1CC(C)N(C2CC2)C1. The molecule has 6 nitrogen and oxygen atoms in total. The third kappa shape index (κ3) is 5.43. The molecular weight excluding hydrogens is 374 g/mol. The van der Waals surface area contributed by atoms with Crippen molar-refractivity contribution in [3.05, 3.63) is 59.5 Å². The van der Waals surface area contributed by atoms with E-state index >= 15 is 0 Å². The van der Waals surface area contributed by atoms with Crippen LogP contribution in [0.15, 0.2) is 52.1 Å². The maximum Gasteiger partial charge on any atom is 0.191 e. The topological polar surface area (TPSA) is 56.0 Å². The summed E-state index contributed by atoms with van der Waals surface area (Å²) < 4.78 is 5.48. The number of aliphatic imine (C=N–C) groups is 1. The monoisotopic (exact) mass is 409 g/mol. The van der Waals surface area contributed by atoms with Crippen LogP contribution in [0.25, 0.3) is 0 Å². The average Bonchev–Trinajstić information content (AvgIpc) is 3.33. The van der Waals surface area contributed by atoms with Gasteiger partial charge in [-0.2, -0.15) is 0 Å².